The summed E-state index contributed by atoms with van der Waals surface area (Å²) in [5.41, 5.74) is 3.82. The smallest absolute Gasteiger partial charge is 0.163 e. The number of nitrogens with two attached hydrogens (primary N) is 1. The number of nitrogens with one attached hydrogen (secondary N) is 1. The largest absolute Gasteiger partial charge is 0.378 e. The van der Waals surface area contributed by atoms with E-state index < -0.39 is 0 Å². The molecule has 0 unspecified atom stereocenters. The Bertz CT molecular complexity index is 592. The average Bonchev–Trinajstić information content (AvgIpc) is 2.42. The van der Waals surface area contributed by atoms with Crippen LogP contribution in [0.4, 0.5) is 5.82 Å². The average molecular weight is 299 g/mol. The first-order chi connectivity index (χ1) is 9.15. The van der Waals surface area contributed by atoms with Crippen LogP contribution in [0.25, 0.3) is 11.4 Å². The van der Waals surface area contributed by atoms with E-state index >= 15 is 0 Å². The minimum atomic E-state index is 0.350. The van der Waals surface area contributed by atoms with Gasteiger partial charge in [-0.05, 0) is 12.1 Å². The van der Waals surface area contributed by atoms with Gasteiger partial charge in [0.25, 0.3) is 0 Å². The zero-order chi connectivity index (χ0) is 13.8. The summed E-state index contributed by atoms with van der Waals surface area (Å²) in [6.07, 6.45) is 0. The number of halogens is 2. The lowest BCUT2D eigenvalue weighted by Gasteiger charge is -2.09. The van der Waals surface area contributed by atoms with Crippen molar-refractivity contribution in [3.63, 3.8) is 0 Å². The van der Waals surface area contributed by atoms with E-state index in [-0.39, 0.29) is 0 Å². The molecule has 0 aliphatic carbocycles. The van der Waals surface area contributed by atoms with Gasteiger partial charge in [0, 0.05) is 18.7 Å². The molecule has 1 aromatic heterocycles. The number of rotatable bonds is 4. The van der Waals surface area contributed by atoms with Crippen LogP contribution in [0.1, 0.15) is 5.69 Å². The normalized spacial score (nSPS) is 10.5. The molecule has 0 saturated carbocycles. The van der Waals surface area contributed by atoms with Crippen molar-refractivity contribution in [1.82, 2.24) is 9.97 Å². The van der Waals surface area contributed by atoms with Crippen molar-refractivity contribution in [2.45, 2.75) is 6.61 Å². The van der Waals surface area contributed by atoms with Crippen molar-refractivity contribution in [3.05, 3.63) is 40.0 Å². The van der Waals surface area contributed by atoms with Crippen molar-refractivity contribution in [2.75, 3.05) is 12.5 Å². The maximum Gasteiger partial charge on any atom is 0.163 e. The lowest BCUT2D eigenvalue weighted by Crippen LogP contribution is -2.11. The molecule has 0 bridgehead atoms. The number of hydrazine groups is 1. The maximum atomic E-state index is 6.16. The monoisotopic (exact) mass is 298 g/mol. The zero-order valence-corrected chi connectivity index (χ0v) is 11.7. The van der Waals surface area contributed by atoms with E-state index in [9.17, 15) is 0 Å². The number of aromatic nitrogens is 2. The lowest BCUT2D eigenvalue weighted by atomic mass is 10.2. The highest BCUT2D eigenvalue weighted by atomic mass is 35.5. The summed E-state index contributed by atoms with van der Waals surface area (Å²) < 4.78 is 5.05. The molecule has 0 aliphatic rings. The second-order valence-corrected chi connectivity index (χ2v) is 4.53. The first kappa shape index (κ1) is 14.0. The second kappa shape index (κ2) is 6.16. The molecule has 0 radical (unpaired) electrons. The Morgan fingerprint density at radius 3 is 2.79 bits per heavy atom. The molecule has 0 saturated heterocycles. The van der Waals surface area contributed by atoms with Crippen molar-refractivity contribution < 1.29 is 4.74 Å². The van der Waals surface area contributed by atoms with Crippen LogP contribution in [0.5, 0.6) is 0 Å². The molecule has 5 nitrogen and oxygen atoms in total. The SMILES string of the molecule is COCc1cc(NN)nc(-c2cccc(Cl)c2Cl)n1. The Morgan fingerprint density at radius 2 is 2.11 bits per heavy atom. The van der Waals surface area contributed by atoms with Crippen molar-refractivity contribution in [2.24, 2.45) is 5.84 Å². The van der Waals surface area contributed by atoms with Gasteiger partial charge in [-0.2, -0.15) is 0 Å². The maximum absolute atomic E-state index is 6.16. The van der Waals surface area contributed by atoms with Gasteiger partial charge in [0.1, 0.15) is 5.82 Å². The Hall–Kier alpha value is -1.40. The molecular formula is C12H12Cl2N4O. The highest BCUT2D eigenvalue weighted by molar-refractivity contribution is 6.43. The molecular weight excluding hydrogens is 287 g/mol. The standard InChI is InChI=1S/C12H12Cl2N4O/c1-19-6-7-5-10(18-15)17-12(16-7)8-3-2-4-9(13)11(8)14/h2-5H,6,15H2,1H3,(H,16,17,18). The van der Waals surface area contributed by atoms with E-state index in [2.05, 4.69) is 15.4 Å². The van der Waals surface area contributed by atoms with Gasteiger partial charge >= 0.3 is 0 Å². The highest BCUT2D eigenvalue weighted by Crippen LogP contribution is 2.32. The summed E-state index contributed by atoms with van der Waals surface area (Å²) >= 11 is 12.1. The summed E-state index contributed by atoms with van der Waals surface area (Å²) in [6.45, 7) is 0.350. The lowest BCUT2D eigenvalue weighted by molar-refractivity contribution is 0.181. The van der Waals surface area contributed by atoms with Crippen LogP contribution in [0.2, 0.25) is 10.0 Å². The minimum absolute atomic E-state index is 0.350. The number of hydrogen-bond donors (Lipinski definition) is 2. The van der Waals surface area contributed by atoms with Gasteiger partial charge in [-0.1, -0.05) is 29.3 Å². The highest BCUT2D eigenvalue weighted by Gasteiger charge is 2.11. The fourth-order valence-electron chi connectivity index (χ4n) is 1.59. The van der Waals surface area contributed by atoms with E-state index in [1.165, 1.54) is 0 Å². The van der Waals surface area contributed by atoms with Crippen LogP contribution in [0.3, 0.4) is 0 Å². The number of anilines is 1. The van der Waals surface area contributed by atoms with Gasteiger partial charge < -0.3 is 10.2 Å². The number of nitrogen functional groups attached to an aromatic ring is 1. The molecule has 1 aromatic carbocycles. The second-order valence-electron chi connectivity index (χ2n) is 3.75. The van der Waals surface area contributed by atoms with Gasteiger partial charge in [-0.25, -0.2) is 15.8 Å². The van der Waals surface area contributed by atoms with E-state index in [4.69, 9.17) is 33.8 Å². The molecule has 0 fully saturated rings. The Balaban J connectivity index is 2.54. The van der Waals surface area contributed by atoms with Crippen molar-refractivity contribution in [3.8, 4) is 11.4 Å². The van der Waals surface area contributed by atoms with E-state index in [1.807, 2.05) is 0 Å². The summed E-state index contributed by atoms with van der Waals surface area (Å²) in [5.74, 6) is 6.31. The summed E-state index contributed by atoms with van der Waals surface area (Å²) in [4.78, 5) is 8.63. The zero-order valence-electron chi connectivity index (χ0n) is 10.2. The molecule has 0 aliphatic heterocycles. The fraction of sp³-hybridized carbons (Fsp3) is 0.167. The first-order valence-electron chi connectivity index (χ1n) is 5.43. The topological polar surface area (TPSA) is 73.1 Å². The van der Waals surface area contributed by atoms with Crippen LogP contribution >= 0.6 is 23.2 Å². The molecule has 100 valence electrons. The van der Waals surface area contributed by atoms with Crippen LogP contribution in [-0.2, 0) is 11.3 Å². The summed E-state index contributed by atoms with van der Waals surface area (Å²) in [5, 5.41) is 0.851. The molecule has 0 spiro atoms. The van der Waals surface area contributed by atoms with E-state index in [0.29, 0.717) is 39.6 Å². The number of hydrogen-bond acceptors (Lipinski definition) is 5. The summed E-state index contributed by atoms with van der Waals surface area (Å²) in [6, 6.07) is 6.98. The molecule has 7 heteroatoms. The third kappa shape index (κ3) is 3.13. The number of ether oxygens (including phenoxy) is 1. The van der Waals surface area contributed by atoms with Crippen LogP contribution in [0, 0.1) is 0 Å². The molecule has 2 rings (SSSR count). The van der Waals surface area contributed by atoms with E-state index in [0.717, 1.165) is 0 Å². The van der Waals surface area contributed by atoms with Gasteiger partial charge in [-0.15, -0.1) is 0 Å². The number of benzene rings is 1. The van der Waals surface area contributed by atoms with Gasteiger partial charge in [-0.3, -0.25) is 0 Å². The number of nitrogens with zero attached hydrogens (tertiary/aromatic N) is 2. The van der Waals surface area contributed by atoms with Crippen LogP contribution < -0.4 is 11.3 Å². The number of methoxy groups -OCH3 is 1. The predicted molar refractivity (Wildman–Crippen MR) is 76.0 cm³/mol. The Labute approximate surface area is 120 Å². The Kier molecular flexibility index (Phi) is 4.55. The molecule has 19 heavy (non-hydrogen) atoms. The first-order valence-corrected chi connectivity index (χ1v) is 6.19. The fourth-order valence-corrected chi connectivity index (χ4v) is 1.98. The molecule has 0 amide bonds. The van der Waals surface area contributed by atoms with Crippen molar-refractivity contribution in [1.29, 1.82) is 0 Å². The van der Waals surface area contributed by atoms with Crippen LogP contribution in [0.15, 0.2) is 24.3 Å². The van der Waals surface area contributed by atoms with Crippen molar-refractivity contribution >= 4 is 29.0 Å². The third-order valence-electron chi connectivity index (χ3n) is 2.41. The summed E-state index contributed by atoms with van der Waals surface area (Å²) in [7, 11) is 1.59. The predicted octanol–water partition coefficient (Wildman–Crippen LogP) is 2.88. The van der Waals surface area contributed by atoms with Gasteiger partial charge in [0.05, 0.1) is 22.3 Å². The Morgan fingerprint density at radius 1 is 1.32 bits per heavy atom. The minimum Gasteiger partial charge on any atom is -0.378 e. The van der Waals surface area contributed by atoms with Gasteiger partial charge in [0.2, 0.25) is 0 Å². The molecule has 1 heterocycles. The molecule has 3 N–H and O–H groups in total. The van der Waals surface area contributed by atoms with Gasteiger partial charge in [0.15, 0.2) is 5.82 Å². The third-order valence-corrected chi connectivity index (χ3v) is 3.23. The quantitative estimate of drug-likeness (QED) is 0.671. The molecule has 2 aromatic rings. The molecule has 0 atom stereocenters. The van der Waals surface area contributed by atoms with Crippen LogP contribution in [-0.4, -0.2) is 17.1 Å². The van der Waals surface area contributed by atoms with E-state index in [1.54, 1.807) is 31.4 Å².